The molecule has 2 aromatic carbocycles. The van der Waals surface area contributed by atoms with E-state index in [9.17, 15) is 9.18 Å². The van der Waals surface area contributed by atoms with Crippen LogP contribution >= 0.6 is 15.9 Å². The number of hydrogen-bond acceptors (Lipinski definition) is 3. The molecular formula is C21H24BrFN2O2. The Bertz CT molecular complexity index is 767. The normalized spacial score (nSPS) is 14.0. The number of nitrogens with zero attached hydrogens (tertiary/aromatic N) is 1. The molecule has 1 N–H and O–H groups in total. The summed E-state index contributed by atoms with van der Waals surface area (Å²) < 4.78 is 19.9. The van der Waals surface area contributed by atoms with E-state index in [1.807, 2.05) is 23.1 Å². The third-order valence-electron chi connectivity index (χ3n) is 4.60. The van der Waals surface area contributed by atoms with Gasteiger partial charge >= 0.3 is 0 Å². The standard InChI is InChI=1S/C21H24BrFN2O2/c22-18-6-9-20(27-15-16-4-7-19(23)8-5-16)17(13-18)14-24-10-2-12-25-11-1-3-21(25)26/h4-9,13,24H,1-3,10-12,14-15H2. The molecule has 1 saturated heterocycles. The number of hydrogen-bond donors (Lipinski definition) is 1. The lowest BCUT2D eigenvalue weighted by molar-refractivity contribution is -0.127. The van der Waals surface area contributed by atoms with E-state index >= 15 is 0 Å². The molecule has 0 saturated carbocycles. The van der Waals surface area contributed by atoms with Gasteiger partial charge in [-0.05, 0) is 55.3 Å². The van der Waals surface area contributed by atoms with E-state index in [1.165, 1.54) is 12.1 Å². The molecule has 0 radical (unpaired) electrons. The molecule has 0 spiro atoms. The number of carbonyl (C=O) groups excluding carboxylic acids is 1. The van der Waals surface area contributed by atoms with Crippen LogP contribution < -0.4 is 10.1 Å². The Hall–Kier alpha value is -1.92. The van der Waals surface area contributed by atoms with Crippen molar-refractivity contribution in [2.24, 2.45) is 0 Å². The molecule has 1 aliphatic heterocycles. The van der Waals surface area contributed by atoms with Gasteiger partial charge in [-0.25, -0.2) is 4.39 Å². The maximum Gasteiger partial charge on any atom is 0.222 e. The Morgan fingerprint density at radius 2 is 2.00 bits per heavy atom. The van der Waals surface area contributed by atoms with E-state index in [4.69, 9.17) is 4.74 Å². The second-order valence-corrected chi connectivity index (χ2v) is 7.60. The highest BCUT2D eigenvalue weighted by molar-refractivity contribution is 9.10. The number of halogens is 2. The van der Waals surface area contributed by atoms with Crippen LogP contribution in [0.15, 0.2) is 46.9 Å². The first kappa shape index (κ1) is 19.8. The smallest absolute Gasteiger partial charge is 0.222 e. The average molecular weight is 435 g/mol. The quantitative estimate of drug-likeness (QED) is 0.599. The van der Waals surface area contributed by atoms with Crippen molar-refractivity contribution >= 4 is 21.8 Å². The third-order valence-corrected chi connectivity index (χ3v) is 5.09. The fraction of sp³-hybridized carbons (Fsp3) is 0.381. The highest BCUT2D eigenvalue weighted by Crippen LogP contribution is 2.24. The molecule has 2 aromatic rings. The monoisotopic (exact) mass is 434 g/mol. The van der Waals surface area contributed by atoms with E-state index in [2.05, 4.69) is 21.2 Å². The molecule has 1 fully saturated rings. The molecule has 27 heavy (non-hydrogen) atoms. The van der Waals surface area contributed by atoms with Crippen molar-refractivity contribution in [3.8, 4) is 5.75 Å². The Morgan fingerprint density at radius 3 is 2.74 bits per heavy atom. The van der Waals surface area contributed by atoms with E-state index < -0.39 is 0 Å². The number of ether oxygens (including phenoxy) is 1. The van der Waals surface area contributed by atoms with Crippen molar-refractivity contribution in [2.75, 3.05) is 19.6 Å². The van der Waals surface area contributed by atoms with Gasteiger partial charge in [0.25, 0.3) is 0 Å². The van der Waals surface area contributed by atoms with E-state index in [1.54, 1.807) is 12.1 Å². The summed E-state index contributed by atoms with van der Waals surface area (Å²) in [6.07, 6.45) is 2.62. The predicted octanol–water partition coefficient (Wildman–Crippen LogP) is 4.27. The van der Waals surface area contributed by atoms with Gasteiger partial charge in [0, 0.05) is 36.1 Å². The SMILES string of the molecule is O=C1CCCN1CCCNCc1cc(Br)ccc1OCc1ccc(F)cc1. The number of benzene rings is 2. The van der Waals surface area contributed by atoms with Crippen LogP contribution in [0.25, 0.3) is 0 Å². The maximum absolute atomic E-state index is 13.0. The third kappa shape index (κ3) is 6.04. The van der Waals surface area contributed by atoms with E-state index in [0.717, 1.165) is 53.8 Å². The van der Waals surface area contributed by atoms with Crippen LogP contribution in [-0.2, 0) is 17.9 Å². The van der Waals surface area contributed by atoms with Gasteiger partial charge in [-0.2, -0.15) is 0 Å². The van der Waals surface area contributed by atoms with Crippen molar-refractivity contribution in [1.29, 1.82) is 0 Å². The van der Waals surface area contributed by atoms with Gasteiger partial charge in [0.15, 0.2) is 0 Å². The van der Waals surface area contributed by atoms with Crippen LogP contribution in [0.4, 0.5) is 4.39 Å². The molecule has 0 unspecified atom stereocenters. The summed E-state index contributed by atoms with van der Waals surface area (Å²) in [6.45, 7) is 3.63. The van der Waals surface area contributed by atoms with Crippen LogP contribution in [0.3, 0.4) is 0 Å². The summed E-state index contributed by atoms with van der Waals surface area (Å²) in [4.78, 5) is 13.6. The van der Waals surface area contributed by atoms with Crippen LogP contribution in [0.1, 0.15) is 30.4 Å². The second-order valence-electron chi connectivity index (χ2n) is 6.68. The van der Waals surface area contributed by atoms with Gasteiger partial charge in [0.1, 0.15) is 18.2 Å². The lowest BCUT2D eigenvalue weighted by Crippen LogP contribution is -2.28. The summed E-state index contributed by atoms with van der Waals surface area (Å²) in [5.74, 6) is 0.839. The van der Waals surface area contributed by atoms with Gasteiger partial charge in [0.05, 0.1) is 0 Å². The minimum Gasteiger partial charge on any atom is -0.489 e. The Labute approximate surface area is 167 Å². The van der Waals surface area contributed by atoms with Gasteiger partial charge in [-0.3, -0.25) is 4.79 Å². The topological polar surface area (TPSA) is 41.6 Å². The molecule has 0 atom stereocenters. The number of amides is 1. The highest BCUT2D eigenvalue weighted by Gasteiger charge is 2.18. The van der Waals surface area contributed by atoms with E-state index in [0.29, 0.717) is 19.6 Å². The minimum atomic E-state index is -0.247. The van der Waals surface area contributed by atoms with Gasteiger partial charge in [0.2, 0.25) is 5.91 Å². The molecular weight excluding hydrogens is 411 g/mol. The zero-order valence-corrected chi connectivity index (χ0v) is 16.8. The first-order chi connectivity index (χ1) is 13.1. The molecule has 144 valence electrons. The summed E-state index contributed by atoms with van der Waals surface area (Å²) in [6, 6.07) is 12.3. The molecule has 0 aromatic heterocycles. The maximum atomic E-state index is 13.0. The van der Waals surface area contributed by atoms with Crippen LogP contribution in [0, 0.1) is 5.82 Å². The molecule has 6 heteroatoms. The molecule has 1 amide bonds. The fourth-order valence-corrected chi connectivity index (χ4v) is 3.54. The van der Waals surface area contributed by atoms with Gasteiger partial charge in [-0.15, -0.1) is 0 Å². The summed E-state index contributed by atoms with van der Waals surface area (Å²) in [5, 5.41) is 3.43. The molecule has 4 nitrogen and oxygen atoms in total. The van der Waals surface area contributed by atoms with Gasteiger partial charge < -0.3 is 15.0 Å². The first-order valence-electron chi connectivity index (χ1n) is 9.26. The Morgan fingerprint density at radius 1 is 1.19 bits per heavy atom. The second kappa shape index (κ2) is 9.85. The average Bonchev–Trinajstić information content (AvgIpc) is 3.07. The van der Waals surface area contributed by atoms with Crippen molar-refractivity contribution < 1.29 is 13.9 Å². The minimum absolute atomic E-state index is 0.247. The number of likely N-dealkylation sites (tertiary alicyclic amines) is 1. The zero-order chi connectivity index (χ0) is 19.1. The summed E-state index contributed by atoms with van der Waals surface area (Å²) in [7, 11) is 0. The van der Waals surface area contributed by atoms with Crippen LogP contribution in [0.5, 0.6) is 5.75 Å². The van der Waals surface area contributed by atoms with Crippen molar-refractivity contribution in [3.63, 3.8) is 0 Å². The number of rotatable bonds is 9. The van der Waals surface area contributed by atoms with Crippen molar-refractivity contribution in [2.45, 2.75) is 32.4 Å². The zero-order valence-electron chi connectivity index (χ0n) is 15.2. The van der Waals surface area contributed by atoms with E-state index in [-0.39, 0.29) is 11.7 Å². The lowest BCUT2D eigenvalue weighted by atomic mass is 10.2. The molecule has 3 rings (SSSR count). The first-order valence-corrected chi connectivity index (χ1v) is 10.1. The largest absolute Gasteiger partial charge is 0.489 e. The number of carbonyl (C=O) groups is 1. The van der Waals surface area contributed by atoms with Crippen LogP contribution in [-0.4, -0.2) is 30.4 Å². The Kier molecular flexibility index (Phi) is 7.24. The summed E-state index contributed by atoms with van der Waals surface area (Å²) >= 11 is 3.51. The Balaban J connectivity index is 1.48. The highest BCUT2D eigenvalue weighted by atomic mass is 79.9. The summed E-state index contributed by atoms with van der Waals surface area (Å²) in [5.41, 5.74) is 1.98. The number of nitrogens with one attached hydrogen (secondary N) is 1. The molecule has 1 heterocycles. The molecule has 1 aliphatic rings. The molecule has 0 aliphatic carbocycles. The van der Waals surface area contributed by atoms with Crippen molar-refractivity contribution in [3.05, 3.63) is 63.9 Å². The van der Waals surface area contributed by atoms with Crippen molar-refractivity contribution in [1.82, 2.24) is 10.2 Å². The van der Waals surface area contributed by atoms with Crippen LogP contribution in [0.2, 0.25) is 0 Å². The fourth-order valence-electron chi connectivity index (χ4n) is 3.13. The van der Waals surface area contributed by atoms with Gasteiger partial charge in [-0.1, -0.05) is 28.1 Å². The lowest BCUT2D eigenvalue weighted by Gasteiger charge is -2.16. The molecule has 0 bridgehead atoms. The predicted molar refractivity (Wildman–Crippen MR) is 107 cm³/mol.